The van der Waals surface area contributed by atoms with Crippen LogP contribution in [0.25, 0.3) is 10.9 Å². The van der Waals surface area contributed by atoms with Crippen LogP contribution in [-0.4, -0.2) is 29.4 Å². The van der Waals surface area contributed by atoms with Crippen LogP contribution in [0.15, 0.2) is 54.7 Å². The van der Waals surface area contributed by atoms with Gasteiger partial charge in [0, 0.05) is 23.6 Å². The topological polar surface area (TPSA) is 65.2 Å². The molecule has 0 bridgehead atoms. The highest BCUT2D eigenvalue weighted by Gasteiger charge is 2.39. The van der Waals surface area contributed by atoms with Crippen molar-refractivity contribution in [2.45, 2.75) is 38.6 Å². The fourth-order valence-corrected chi connectivity index (χ4v) is 3.79. The summed E-state index contributed by atoms with van der Waals surface area (Å²) < 4.78 is 0. The van der Waals surface area contributed by atoms with Gasteiger partial charge in [0.15, 0.2) is 0 Å². The summed E-state index contributed by atoms with van der Waals surface area (Å²) in [6, 6.07) is 15.4. The first-order chi connectivity index (χ1) is 13.5. The van der Waals surface area contributed by atoms with Gasteiger partial charge in [0.1, 0.15) is 0 Å². The van der Waals surface area contributed by atoms with Gasteiger partial charge in [-0.1, -0.05) is 44.2 Å². The molecule has 0 unspecified atom stereocenters. The van der Waals surface area contributed by atoms with Crippen molar-refractivity contribution < 1.29 is 9.59 Å². The van der Waals surface area contributed by atoms with Crippen molar-refractivity contribution >= 4 is 28.4 Å². The Morgan fingerprint density at radius 2 is 1.86 bits per heavy atom. The van der Waals surface area contributed by atoms with Gasteiger partial charge in [-0.05, 0) is 41.7 Å². The van der Waals surface area contributed by atoms with Gasteiger partial charge in [-0.15, -0.1) is 0 Å². The minimum Gasteiger partial charge on any atom is -0.361 e. The Hall–Kier alpha value is -2.92. The zero-order chi connectivity index (χ0) is 19.7. The number of nitrogens with zero attached hydrogens (tertiary/aromatic N) is 1. The zero-order valence-electron chi connectivity index (χ0n) is 16.2. The number of hydrogen-bond donors (Lipinski definition) is 2. The number of aromatic amines is 1. The second kappa shape index (κ2) is 7.60. The van der Waals surface area contributed by atoms with Crippen LogP contribution >= 0.6 is 0 Å². The monoisotopic (exact) mass is 375 g/mol. The first-order valence-corrected chi connectivity index (χ1v) is 9.79. The fraction of sp³-hybridized carbons (Fsp3) is 0.304. The van der Waals surface area contributed by atoms with E-state index < -0.39 is 6.04 Å². The second-order valence-electron chi connectivity index (χ2n) is 7.63. The number of carbonyl (C=O) groups excluding carboxylic acids is 2. The summed E-state index contributed by atoms with van der Waals surface area (Å²) in [5.41, 5.74) is 4.17. The van der Waals surface area contributed by atoms with Crippen LogP contribution in [0.5, 0.6) is 0 Å². The summed E-state index contributed by atoms with van der Waals surface area (Å²) >= 11 is 0. The lowest BCUT2D eigenvalue weighted by Crippen LogP contribution is -2.39. The van der Waals surface area contributed by atoms with Crippen LogP contribution in [0.1, 0.15) is 37.3 Å². The van der Waals surface area contributed by atoms with Crippen LogP contribution in [0, 0.1) is 0 Å². The highest BCUT2D eigenvalue weighted by molar-refractivity contribution is 6.22. The number of anilines is 1. The van der Waals surface area contributed by atoms with Gasteiger partial charge < -0.3 is 10.3 Å². The lowest BCUT2D eigenvalue weighted by Gasteiger charge is -2.16. The third kappa shape index (κ3) is 3.45. The van der Waals surface area contributed by atoms with Gasteiger partial charge in [-0.3, -0.25) is 9.59 Å². The number of H-pyrrole nitrogens is 1. The van der Waals surface area contributed by atoms with Crippen molar-refractivity contribution in [1.82, 2.24) is 10.3 Å². The van der Waals surface area contributed by atoms with E-state index in [1.807, 2.05) is 48.7 Å². The molecule has 0 spiro atoms. The molecule has 4 rings (SSSR count). The quantitative estimate of drug-likeness (QED) is 0.645. The van der Waals surface area contributed by atoms with Crippen LogP contribution in [0.4, 0.5) is 5.69 Å². The van der Waals surface area contributed by atoms with E-state index in [-0.39, 0.29) is 18.2 Å². The number of imide groups is 1. The number of nitrogens with one attached hydrogen (secondary N) is 2. The number of para-hydroxylation sites is 1. The normalized spacial score (nSPS) is 17.2. The lowest BCUT2D eigenvalue weighted by atomic mass is 10.0. The highest BCUT2D eigenvalue weighted by atomic mass is 16.2. The lowest BCUT2D eigenvalue weighted by molar-refractivity contribution is -0.121. The Bertz CT molecular complexity index is 1000. The standard InChI is InChI=1S/C23H25N3O2/c1-15(2)16-7-9-18(10-8-16)26-22(27)13-21(23(26)28)24-12-11-17-14-25-20-6-4-3-5-19(17)20/h3-10,14-15,21,24-25H,11-13H2,1-2H3/t21-/m1/s1. The largest absolute Gasteiger partial charge is 0.361 e. The predicted octanol–water partition coefficient (Wildman–Crippen LogP) is 3.76. The molecule has 5 heteroatoms. The van der Waals surface area contributed by atoms with Crippen LogP contribution < -0.4 is 10.2 Å². The molecule has 2 heterocycles. The SMILES string of the molecule is CC(C)c1ccc(N2C(=O)C[C@@H](NCCc3c[nH]c4ccccc34)C2=O)cc1. The third-order valence-corrected chi connectivity index (χ3v) is 5.42. The molecule has 3 aromatic rings. The van der Waals surface area contributed by atoms with Gasteiger partial charge in [0.25, 0.3) is 5.91 Å². The summed E-state index contributed by atoms with van der Waals surface area (Å²) in [5.74, 6) is 0.103. The Labute approximate surface area is 164 Å². The fourth-order valence-electron chi connectivity index (χ4n) is 3.79. The maximum Gasteiger partial charge on any atom is 0.251 e. The second-order valence-corrected chi connectivity index (χ2v) is 7.63. The van der Waals surface area contributed by atoms with Crippen LogP contribution in [-0.2, 0) is 16.0 Å². The molecule has 28 heavy (non-hydrogen) atoms. The smallest absolute Gasteiger partial charge is 0.251 e. The average Bonchev–Trinajstić information content (AvgIpc) is 3.23. The third-order valence-electron chi connectivity index (χ3n) is 5.42. The Morgan fingerprint density at radius 3 is 2.61 bits per heavy atom. The van der Waals surface area contributed by atoms with E-state index in [9.17, 15) is 9.59 Å². The average molecular weight is 375 g/mol. The van der Waals surface area contributed by atoms with Crippen molar-refractivity contribution in [2.75, 3.05) is 11.4 Å². The van der Waals surface area contributed by atoms with Crippen molar-refractivity contribution in [2.24, 2.45) is 0 Å². The molecule has 2 amide bonds. The molecule has 0 aliphatic carbocycles. The van der Waals surface area contributed by atoms with E-state index >= 15 is 0 Å². The molecule has 1 atom stereocenters. The number of benzene rings is 2. The molecule has 0 radical (unpaired) electrons. The Morgan fingerprint density at radius 1 is 1.11 bits per heavy atom. The Balaban J connectivity index is 1.40. The summed E-state index contributed by atoms with van der Waals surface area (Å²) in [6.45, 7) is 4.88. The molecular formula is C23H25N3O2. The molecule has 1 aromatic heterocycles. The maximum absolute atomic E-state index is 12.8. The van der Waals surface area contributed by atoms with Crippen molar-refractivity contribution in [3.05, 3.63) is 65.9 Å². The number of rotatable bonds is 6. The maximum atomic E-state index is 12.8. The van der Waals surface area contributed by atoms with E-state index in [0.29, 0.717) is 18.2 Å². The molecular weight excluding hydrogens is 350 g/mol. The van der Waals surface area contributed by atoms with E-state index in [4.69, 9.17) is 0 Å². The number of fused-ring (bicyclic) bond motifs is 1. The molecule has 144 valence electrons. The van der Waals surface area contributed by atoms with E-state index in [1.165, 1.54) is 21.4 Å². The molecule has 5 nitrogen and oxygen atoms in total. The zero-order valence-corrected chi connectivity index (χ0v) is 16.2. The van der Waals surface area contributed by atoms with Crippen LogP contribution in [0.3, 0.4) is 0 Å². The first-order valence-electron chi connectivity index (χ1n) is 9.79. The molecule has 2 N–H and O–H groups in total. The number of hydrogen-bond acceptors (Lipinski definition) is 3. The predicted molar refractivity (Wildman–Crippen MR) is 111 cm³/mol. The molecule has 1 aliphatic heterocycles. The van der Waals surface area contributed by atoms with Gasteiger partial charge in [-0.2, -0.15) is 0 Å². The van der Waals surface area contributed by atoms with Crippen molar-refractivity contribution in [3.8, 4) is 0 Å². The van der Waals surface area contributed by atoms with Crippen molar-refractivity contribution in [3.63, 3.8) is 0 Å². The molecule has 1 saturated heterocycles. The van der Waals surface area contributed by atoms with Gasteiger partial charge in [0.2, 0.25) is 5.91 Å². The highest BCUT2D eigenvalue weighted by Crippen LogP contribution is 2.25. The number of carbonyl (C=O) groups is 2. The van der Waals surface area contributed by atoms with Crippen molar-refractivity contribution in [1.29, 1.82) is 0 Å². The summed E-state index contributed by atoms with van der Waals surface area (Å²) in [7, 11) is 0. The minimum atomic E-state index is -0.456. The Kier molecular flexibility index (Phi) is 5.01. The molecule has 1 fully saturated rings. The molecule has 1 aliphatic rings. The van der Waals surface area contributed by atoms with E-state index in [1.54, 1.807) is 0 Å². The van der Waals surface area contributed by atoms with Crippen LogP contribution in [0.2, 0.25) is 0 Å². The summed E-state index contributed by atoms with van der Waals surface area (Å²) in [4.78, 5) is 29.8. The van der Waals surface area contributed by atoms with Gasteiger partial charge in [-0.25, -0.2) is 4.90 Å². The molecule has 0 saturated carbocycles. The van der Waals surface area contributed by atoms with Gasteiger partial charge in [0.05, 0.1) is 18.2 Å². The number of amides is 2. The molecule has 2 aromatic carbocycles. The first kappa shape index (κ1) is 18.4. The van der Waals surface area contributed by atoms with E-state index in [0.717, 1.165) is 11.9 Å². The number of aromatic nitrogens is 1. The van der Waals surface area contributed by atoms with E-state index in [2.05, 4.69) is 30.2 Å². The van der Waals surface area contributed by atoms with Gasteiger partial charge >= 0.3 is 0 Å². The summed E-state index contributed by atoms with van der Waals surface area (Å²) in [5, 5.41) is 4.47. The summed E-state index contributed by atoms with van der Waals surface area (Å²) in [6.07, 6.45) is 3.01. The minimum absolute atomic E-state index is 0.146.